The molecule has 1 heterocycles. The van der Waals surface area contributed by atoms with Crippen LogP contribution >= 0.6 is 0 Å². The molecule has 0 aliphatic heterocycles. The Labute approximate surface area is 113 Å². The van der Waals surface area contributed by atoms with E-state index in [-0.39, 0.29) is 17.2 Å². The minimum atomic E-state index is -3.49. The number of sulfone groups is 1. The van der Waals surface area contributed by atoms with Crippen molar-refractivity contribution in [3.05, 3.63) is 18.3 Å². The summed E-state index contributed by atoms with van der Waals surface area (Å²) in [5, 5.41) is 2.81. The van der Waals surface area contributed by atoms with Crippen molar-refractivity contribution in [1.29, 1.82) is 0 Å². The normalized spacial score (nSPS) is 12.6. The van der Waals surface area contributed by atoms with Crippen LogP contribution in [0, 0.1) is 0 Å². The molecular weight excluding hydrogens is 290 g/mol. The lowest BCUT2D eigenvalue weighted by Gasteiger charge is -2.11. The van der Waals surface area contributed by atoms with Gasteiger partial charge in [-0.1, -0.05) is 0 Å². The zero-order valence-electron chi connectivity index (χ0n) is 11.0. The fraction of sp³-hybridized carbons (Fsp3) is 0.500. The molecule has 0 fully saturated rings. The van der Waals surface area contributed by atoms with E-state index in [1.54, 1.807) is 0 Å². The van der Waals surface area contributed by atoms with Crippen LogP contribution in [0.4, 0.5) is 5.82 Å². The molecule has 7 nitrogen and oxygen atoms in total. The molecule has 1 rings (SSSR count). The number of pyridine rings is 1. The summed E-state index contributed by atoms with van der Waals surface area (Å²) < 4.78 is 46.5. The fourth-order valence-electron chi connectivity index (χ4n) is 1.21. The number of nitrogens with zero attached hydrogens (tertiary/aromatic N) is 2. The third-order valence-electron chi connectivity index (χ3n) is 2.29. The molecule has 0 saturated carbocycles. The lowest BCUT2D eigenvalue weighted by Crippen LogP contribution is -2.22. The molecule has 0 aliphatic rings. The molecule has 1 N–H and O–H groups in total. The minimum absolute atomic E-state index is 0.00751. The lowest BCUT2D eigenvalue weighted by molar-refractivity contribution is 0.520. The molecule has 19 heavy (non-hydrogen) atoms. The van der Waals surface area contributed by atoms with Crippen LogP contribution in [0.25, 0.3) is 0 Å². The first-order valence-corrected chi connectivity index (χ1v) is 8.93. The third kappa shape index (κ3) is 4.77. The molecule has 0 spiro atoms. The highest BCUT2D eigenvalue weighted by atomic mass is 32.2. The van der Waals surface area contributed by atoms with Crippen molar-refractivity contribution >= 4 is 25.7 Å². The van der Waals surface area contributed by atoms with E-state index in [9.17, 15) is 16.8 Å². The maximum absolute atomic E-state index is 11.8. The summed E-state index contributed by atoms with van der Waals surface area (Å²) in [6, 6.07) is 2.92. The van der Waals surface area contributed by atoms with Crippen LogP contribution < -0.4 is 5.32 Å². The first kappa shape index (κ1) is 15.9. The molecule has 0 aliphatic carbocycles. The van der Waals surface area contributed by atoms with E-state index in [1.807, 2.05) is 0 Å². The molecule has 0 aromatic carbocycles. The number of nitrogens with one attached hydrogen (secondary N) is 1. The first-order chi connectivity index (χ1) is 8.63. The van der Waals surface area contributed by atoms with Crippen molar-refractivity contribution in [3.63, 3.8) is 0 Å². The maximum Gasteiger partial charge on any atom is 0.244 e. The molecule has 0 saturated heterocycles. The standard InChI is InChI=1S/C10H17N3O4S2/c1-13(2)19(16,17)9-4-5-10(12-8-9)11-6-7-18(3,14)15/h4-5,8H,6-7H2,1-3H3,(H,11,12). The highest BCUT2D eigenvalue weighted by Crippen LogP contribution is 2.13. The smallest absolute Gasteiger partial charge is 0.244 e. The maximum atomic E-state index is 11.8. The fourth-order valence-corrected chi connectivity index (χ4v) is 2.53. The summed E-state index contributed by atoms with van der Waals surface area (Å²) >= 11 is 0. The predicted octanol–water partition coefficient (Wildman–Crippen LogP) is -0.212. The van der Waals surface area contributed by atoms with E-state index in [1.165, 1.54) is 32.4 Å². The molecule has 9 heteroatoms. The van der Waals surface area contributed by atoms with Gasteiger partial charge in [-0.2, -0.15) is 0 Å². The minimum Gasteiger partial charge on any atom is -0.369 e. The Kier molecular flexibility index (Phi) is 4.88. The van der Waals surface area contributed by atoms with E-state index in [4.69, 9.17) is 0 Å². The summed E-state index contributed by atoms with van der Waals surface area (Å²) in [4.78, 5) is 4.02. The van der Waals surface area contributed by atoms with Crippen molar-refractivity contribution in [3.8, 4) is 0 Å². The molecule has 0 bridgehead atoms. The van der Waals surface area contributed by atoms with Crippen LogP contribution in [-0.4, -0.2) is 58.8 Å². The average molecular weight is 307 g/mol. The lowest BCUT2D eigenvalue weighted by atomic mass is 10.4. The number of anilines is 1. The molecule has 0 radical (unpaired) electrons. The van der Waals surface area contributed by atoms with Crippen molar-refractivity contribution in [1.82, 2.24) is 9.29 Å². The van der Waals surface area contributed by atoms with Gasteiger partial charge in [0.1, 0.15) is 20.6 Å². The largest absolute Gasteiger partial charge is 0.369 e. The zero-order chi connectivity index (χ0) is 14.7. The van der Waals surface area contributed by atoms with E-state index in [0.717, 1.165) is 10.6 Å². The van der Waals surface area contributed by atoms with Crippen LogP contribution in [-0.2, 0) is 19.9 Å². The topological polar surface area (TPSA) is 96.4 Å². The third-order valence-corrected chi connectivity index (χ3v) is 5.04. The van der Waals surface area contributed by atoms with Gasteiger partial charge >= 0.3 is 0 Å². The van der Waals surface area contributed by atoms with Crippen LogP contribution in [0.5, 0.6) is 0 Å². The molecule has 0 atom stereocenters. The highest BCUT2D eigenvalue weighted by Gasteiger charge is 2.17. The van der Waals surface area contributed by atoms with Gasteiger partial charge in [0.2, 0.25) is 10.0 Å². The van der Waals surface area contributed by atoms with Crippen molar-refractivity contribution < 1.29 is 16.8 Å². The zero-order valence-corrected chi connectivity index (χ0v) is 12.6. The van der Waals surface area contributed by atoms with E-state index < -0.39 is 19.9 Å². The number of sulfonamides is 1. The van der Waals surface area contributed by atoms with Gasteiger partial charge in [0.25, 0.3) is 0 Å². The number of hydrogen-bond donors (Lipinski definition) is 1. The second-order valence-electron chi connectivity index (χ2n) is 4.22. The molecule has 1 aromatic rings. The quantitative estimate of drug-likeness (QED) is 0.781. The summed E-state index contributed by atoms with van der Waals surface area (Å²) in [5.41, 5.74) is 0. The Balaban J connectivity index is 2.73. The molecule has 108 valence electrons. The average Bonchev–Trinajstić information content (AvgIpc) is 2.27. The number of hydrogen-bond acceptors (Lipinski definition) is 6. The van der Waals surface area contributed by atoms with Gasteiger partial charge in [0.15, 0.2) is 0 Å². The van der Waals surface area contributed by atoms with Crippen LogP contribution in [0.2, 0.25) is 0 Å². The second kappa shape index (κ2) is 5.85. The van der Waals surface area contributed by atoms with Crippen LogP contribution in [0.3, 0.4) is 0 Å². The van der Waals surface area contributed by atoms with Crippen LogP contribution in [0.1, 0.15) is 0 Å². The second-order valence-corrected chi connectivity index (χ2v) is 8.63. The monoisotopic (exact) mass is 307 g/mol. The summed E-state index contributed by atoms with van der Waals surface area (Å²) in [5.74, 6) is 0.424. The van der Waals surface area contributed by atoms with Gasteiger partial charge in [0, 0.05) is 33.1 Å². The Hall–Kier alpha value is -1.19. The van der Waals surface area contributed by atoms with Crippen molar-refractivity contribution in [2.45, 2.75) is 4.90 Å². The SMILES string of the molecule is CN(C)S(=O)(=O)c1ccc(NCCS(C)(=O)=O)nc1. The Bertz CT molecular complexity index is 621. The van der Waals surface area contributed by atoms with Gasteiger partial charge in [0.05, 0.1) is 5.75 Å². The number of rotatable bonds is 6. The van der Waals surface area contributed by atoms with E-state index in [0.29, 0.717) is 5.82 Å². The predicted molar refractivity (Wildman–Crippen MR) is 73.3 cm³/mol. The van der Waals surface area contributed by atoms with Crippen molar-refractivity contribution in [2.24, 2.45) is 0 Å². The first-order valence-electron chi connectivity index (χ1n) is 5.43. The van der Waals surface area contributed by atoms with Crippen molar-refractivity contribution in [2.75, 3.05) is 38.0 Å². The highest BCUT2D eigenvalue weighted by molar-refractivity contribution is 7.90. The summed E-state index contributed by atoms with van der Waals surface area (Å²) in [7, 11) is -3.64. The van der Waals surface area contributed by atoms with Gasteiger partial charge < -0.3 is 5.32 Å². The summed E-state index contributed by atoms with van der Waals surface area (Å²) in [6.45, 7) is 0.228. The van der Waals surface area contributed by atoms with Gasteiger partial charge in [-0.05, 0) is 12.1 Å². The molecule has 1 aromatic heterocycles. The van der Waals surface area contributed by atoms with Crippen LogP contribution in [0.15, 0.2) is 23.2 Å². The Morgan fingerprint density at radius 2 is 1.84 bits per heavy atom. The molecule has 0 amide bonds. The Morgan fingerprint density at radius 1 is 1.21 bits per heavy atom. The number of aromatic nitrogens is 1. The molecular formula is C10H17N3O4S2. The van der Waals surface area contributed by atoms with Gasteiger partial charge in [-0.15, -0.1) is 0 Å². The Morgan fingerprint density at radius 3 is 2.26 bits per heavy atom. The van der Waals surface area contributed by atoms with Gasteiger partial charge in [-0.3, -0.25) is 0 Å². The van der Waals surface area contributed by atoms with E-state index in [2.05, 4.69) is 10.3 Å². The van der Waals surface area contributed by atoms with E-state index >= 15 is 0 Å². The molecule has 0 unspecified atom stereocenters. The summed E-state index contributed by atoms with van der Waals surface area (Å²) in [6.07, 6.45) is 2.38. The van der Waals surface area contributed by atoms with Gasteiger partial charge in [-0.25, -0.2) is 26.1 Å².